The minimum atomic E-state index is -0.912. The molecule has 1 aromatic carbocycles. The van der Waals surface area contributed by atoms with Crippen molar-refractivity contribution in [2.24, 2.45) is 0 Å². The summed E-state index contributed by atoms with van der Waals surface area (Å²) >= 11 is 0. The monoisotopic (exact) mass is 204 g/mol. The number of aliphatic carboxylic acids is 1. The number of carboxylic acid groups (broad SMARTS) is 1. The van der Waals surface area contributed by atoms with Crippen molar-refractivity contribution in [3.05, 3.63) is 41.5 Å². The summed E-state index contributed by atoms with van der Waals surface area (Å²) in [5, 5.41) is 8.46. The Bertz CT molecular complexity index is 336. The van der Waals surface area contributed by atoms with Gasteiger partial charge in [0, 0.05) is 6.08 Å². The SMILES string of the molecule is CCCCc1ccc(/C=C/C(=O)O)cc1. The van der Waals surface area contributed by atoms with Crippen molar-refractivity contribution in [3.8, 4) is 0 Å². The van der Waals surface area contributed by atoms with Crippen molar-refractivity contribution in [1.29, 1.82) is 0 Å². The topological polar surface area (TPSA) is 37.3 Å². The van der Waals surface area contributed by atoms with E-state index in [4.69, 9.17) is 5.11 Å². The van der Waals surface area contributed by atoms with Gasteiger partial charge in [0.05, 0.1) is 0 Å². The molecule has 0 aliphatic heterocycles. The smallest absolute Gasteiger partial charge is 0.328 e. The van der Waals surface area contributed by atoms with E-state index < -0.39 is 5.97 Å². The van der Waals surface area contributed by atoms with Gasteiger partial charge in [-0.2, -0.15) is 0 Å². The molecule has 2 nitrogen and oxygen atoms in total. The van der Waals surface area contributed by atoms with Gasteiger partial charge in [-0.05, 0) is 30.0 Å². The molecule has 0 spiro atoms. The van der Waals surface area contributed by atoms with Gasteiger partial charge in [0.15, 0.2) is 0 Å². The van der Waals surface area contributed by atoms with E-state index in [-0.39, 0.29) is 0 Å². The normalized spacial score (nSPS) is 10.7. The first-order chi connectivity index (χ1) is 7.22. The molecule has 0 aliphatic carbocycles. The van der Waals surface area contributed by atoms with Crippen LogP contribution in [-0.4, -0.2) is 11.1 Å². The molecule has 2 heteroatoms. The molecular weight excluding hydrogens is 188 g/mol. The summed E-state index contributed by atoms with van der Waals surface area (Å²) < 4.78 is 0. The maximum atomic E-state index is 10.3. The lowest BCUT2D eigenvalue weighted by molar-refractivity contribution is -0.131. The third-order valence-corrected chi connectivity index (χ3v) is 2.22. The quantitative estimate of drug-likeness (QED) is 0.748. The molecule has 0 aliphatic rings. The average Bonchev–Trinajstić information content (AvgIpc) is 2.25. The van der Waals surface area contributed by atoms with E-state index in [9.17, 15) is 4.79 Å². The van der Waals surface area contributed by atoms with Crippen molar-refractivity contribution in [2.45, 2.75) is 26.2 Å². The van der Waals surface area contributed by atoms with Gasteiger partial charge in [-0.15, -0.1) is 0 Å². The second-order valence-electron chi connectivity index (χ2n) is 3.52. The summed E-state index contributed by atoms with van der Waals surface area (Å²) in [5.41, 5.74) is 2.24. The minimum absolute atomic E-state index is 0.912. The van der Waals surface area contributed by atoms with Gasteiger partial charge in [-0.1, -0.05) is 37.6 Å². The van der Waals surface area contributed by atoms with Crippen LogP contribution in [-0.2, 0) is 11.2 Å². The van der Waals surface area contributed by atoms with E-state index in [1.165, 1.54) is 18.4 Å². The van der Waals surface area contributed by atoms with Crippen LogP contribution in [0.15, 0.2) is 30.3 Å². The van der Waals surface area contributed by atoms with Crippen molar-refractivity contribution >= 4 is 12.0 Å². The van der Waals surface area contributed by atoms with Gasteiger partial charge in [0.2, 0.25) is 0 Å². The van der Waals surface area contributed by atoms with Crippen molar-refractivity contribution in [2.75, 3.05) is 0 Å². The second kappa shape index (κ2) is 6.02. The predicted molar refractivity (Wildman–Crippen MR) is 61.7 cm³/mol. The van der Waals surface area contributed by atoms with E-state index in [0.29, 0.717) is 0 Å². The highest BCUT2D eigenvalue weighted by molar-refractivity contribution is 5.85. The summed E-state index contributed by atoms with van der Waals surface area (Å²) in [6.45, 7) is 2.17. The van der Waals surface area contributed by atoms with Gasteiger partial charge in [-0.3, -0.25) is 0 Å². The zero-order valence-electron chi connectivity index (χ0n) is 8.94. The van der Waals surface area contributed by atoms with Gasteiger partial charge in [-0.25, -0.2) is 4.79 Å². The highest BCUT2D eigenvalue weighted by Gasteiger charge is 1.93. The summed E-state index contributed by atoms with van der Waals surface area (Å²) in [4.78, 5) is 10.3. The second-order valence-corrected chi connectivity index (χ2v) is 3.52. The Morgan fingerprint density at radius 2 is 2.00 bits per heavy atom. The lowest BCUT2D eigenvalue weighted by atomic mass is 10.1. The molecule has 0 heterocycles. The number of carbonyl (C=O) groups is 1. The third-order valence-electron chi connectivity index (χ3n) is 2.22. The van der Waals surface area contributed by atoms with E-state index in [1.54, 1.807) is 6.08 Å². The molecule has 15 heavy (non-hydrogen) atoms. The maximum absolute atomic E-state index is 10.3. The average molecular weight is 204 g/mol. The third kappa shape index (κ3) is 4.45. The van der Waals surface area contributed by atoms with Crippen molar-refractivity contribution < 1.29 is 9.90 Å². The Morgan fingerprint density at radius 3 is 2.53 bits per heavy atom. The highest BCUT2D eigenvalue weighted by atomic mass is 16.4. The largest absolute Gasteiger partial charge is 0.478 e. The molecule has 1 aromatic rings. The van der Waals surface area contributed by atoms with Gasteiger partial charge in [0.25, 0.3) is 0 Å². The fourth-order valence-corrected chi connectivity index (χ4v) is 1.34. The molecule has 0 fully saturated rings. The molecular formula is C13H16O2. The molecule has 0 bridgehead atoms. The molecule has 0 saturated heterocycles. The first-order valence-corrected chi connectivity index (χ1v) is 5.22. The Kier molecular flexibility index (Phi) is 4.61. The zero-order chi connectivity index (χ0) is 11.1. The lowest BCUT2D eigenvalue weighted by Gasteiger charge is -1.99. The molecule has 1 rings (SSSR count). The number of carboxylic acids is 1. The Morgan fingerprint density at radius 1 is 1.33 bits per heavy atom. The molecule has 0 atom stereocenters. The predicted octanol–water partition coefficient (Wildman–Crippen LogP) is 3.13. The van der Waals surface area contributed by atoms with Gasteiger partial charge >= 0.3 is 5.97 Å². The molecule has 0 amide bonds. The Hall–Kier alpha value is -1.57. The molecule has 1 N–H and O–H groups in total. The van der Waals surface area contributed by atoms with Crippen LogP contribution in [0, 0.1) is 0 Å². The number of aryl methyl sites for hydroxylation is 1. The fourth-order valence-electron chi connectivity index (χ4n) is 1.34. The van der Waals surface area contributed by atoms with Crippen LogP contribution in [0.4, 0.5) is 0 Å². The van der Waals surface area contributed by atoms with E-state index in [2.05, 4.69) is 19.1 Å². The molecule has 80 valence electrons. The van der Waals surface area contributed by atoms with Crippen LogP contribution in [0.1, 0.15) is 30.9 Å². The number of unbranched alkanes of at least 4 members (excludes halogenated alkanes) is 1. The molecule has 0 aromatic heterocycles. The number of hydrogen-bond acceptors (Lipinski definition) is 1. The summed E-state index contributed by atoms with van der Waals surface area (Å²) in [7, 11) is 0. The summed E-state index contributed by atoms with van der Waals surface area (Å²) in [6.07, 6.45) is 6.25. The van der Waals surface area contributed by atoms with Crippen LogP contribution in [0.25, 0.3) is 6.08 Å². The number of rotatable bonds is 5. The maximum Gasteiger partial charge on any atom is 0.328 e. The van der Waals surface area contributed by atoms with Crippen LogP contribution >= 0.6 is 0 Å². The molecule has 0 radical (unpaired) electrons. The Balaban J connectivity index is 2.60. The van der Waals surface area contributed by atoms with Gasteiger partial charge < -0.3 is 5.11 Å². The summed E-state index contributed by atoms with van der Waals surface area (Å²) in [6, 6.07) is 8.00. The minimum Gasteiger partial charge on any atom is -0.478 e. The van der Waals surface area contributed by atoms with Crippen LogP contribution in [0.2, 0.25) is 0 Å². The number of benzene rings is 1. The van der Waals surface area contributed by atoms with Crippen molar-refractivity contribution in [3.63, 3.8) is 0 Å². The van der Waals surface area contributed by atoms with Crippen LogP contribution < -0.4 is 0 Å². The van der Waals surface area contributed by atoms with Crippen LogP contribution in [0.5, 0.6) is 0 Å². The molecule has 0 unspecified atom stereocenters. The highest BCUT2D eigenvalue weighted by Crippen LogP contribution is 2.08. The van der Waals surface area contributed by atoms with Crippen molar-refractivity contribution in [1.82, 2.24) is 0 Å². The van der Waals surface area contributed by atoms with E-state index in [0.717, 1.165) is 18.1 Å². The standard InChI is InChI=1S/C13H16O2/c1-2-3-4-11-5-7-12(8-6-11)9-10-13(14)15/h5-10H,2-4H2,1H3,(H,14,15)/b10-9+. The first-order valence-electron chi connectivity index (χ1n) is 5.22. The first kappa shape index (κ1) is 11.5. The van der Waals surface area contributed by atoms with Crippen LogP contribution in [0.3, 0.4) is 0 Å². The lowest BCUT2D eigenvalue weighted by Crippen LogP contribution is -1.87. The van der Waals surface area contributed by atoms with E-state index in [1.807, 2.05) is 12.1 Å². The molecule has 0 saturated carbocycles. The number of hydrogen-bond donors (Lipinski definition) is 1. The van der Waals surface area contributed by atoms with Gasteiger partial charge in [0.1, 0.15) is 0 Å². The summed E-state index contributed by atoms with van der Waals surface area (Å²) in [5.74, 6) is -0.912. The van der Waals surface area contributed by atoms with E-state index >= 15 is 0 Å². The zero-order valence-corrected chi connectivity index (χ0v) is 8.94. The fraction of sp³-hybridized carbons (Fsp3) is 0.308. The Labute approximate surface area is 90.3 Å².